The molecular weight excluding hydrogens is 235 g/mol. The average Bonchev–Trinajstić information content (AvgIpc) is 2.26. The summed E-state index contributed by atoms with van der Waals surface area (Å²) in [7, 11) is 1.64. The van der Waals surface area contributed by atoms with E-state index in [2.05, 4.69) is 20.0 Å². The van der Waals surface area contributed by atoms with Gasteiger partial charge in [-0.1, -0.05) is 6.92 Å². The van der Waals surface area contributed by atoms with Crippen LogP contribution in [0.2, 0.25) is 0 Å². The summed E-state index contributed by atoms with van der Waals surface area (Å²) < 4.78 is 40.8. The van der Waals surface area contributed by atoms with E-state index < -0.39 is 12.8 Å². The minimum Gasteiger partial charge on any atom is -0.468 e. The molecule has 0 spiro atoms. The second-order valence-corrected chi connectivity index (χ2v) is 3.43. The highest BCUT2D eigenvalue weighted by atomic mass is 19.4. The summed E-state index contributed by atoms with van der Waals surface area (Å²) >= 11 is 0. The second kappa shape index (κ2) is 5.20. The highest BCUT2D eigenvalue weighted by Crippen LogP contribution is 2.24. The summed E-state index contributed by atoms with van der Waals surface area (Å²) in [5, 5.41) is 2.80. The molecule has 7 heteroatoms. The summed E-state index contributed by atoms with van der Waals surface area (Å²) in [6.07, 6.45) is -3.85. The third-order valence-corrected chi connectivity index (χ3v) is 2.07. The lowest BCUT2D eigenvalue weighted by atomic mass is 10.3. The normalized spacial score (nSPS) is 11.4. The number of halogens is 3. The molecule has 0 fully saturated rings. The first-order chi connectivity index (χ1) is 7.87. The molecule has 0 atom stereocenters. The molecule has 1 N–H and O–H groups in total. The van der Waals surface area contributed by atoms with Crippen molar-refractivity contribution in [3.05, 3.63) is 11.4 Å². The standard InChI is InChI=1S/C10H14F3N3O/c1-4-7-15-8(14-3)6(2)9(16-7)17-5-10(11,12)13/h4-5H2,1-3H3,(H,14,15,16). The maximum Gasteiger partial charge on any atom is 0.422 e. The number of nitrogens with one attached hydrogen (secondary N) is 1. The van der Waals surface area contributed by atoms with Crippen molar-refractivity contribution in [2.24, 2.45) is 0 Å². The van der Waals surface area contributed by atoms with Gasteiger partial charge in [-0.2, -0.15) is 18.2 Å². The Morgan fingerprint density at radius 2 is 1.94 bits per heavy atom. The molecule has 0 aromatic carbocycles. The van der Waals surface area contributed by atoms with Crippen LogP contribution in [0, 0.1) is 6.92 Å². The van der Waals surface area contributed by atoms with Gasteiger partial charge in [-0.3, -0.25) is 0 Å². The molecule has 4 nitrogen and oxygen atoms in total. The Balaban J connectivity index is 2.97. The largest absolute Gasteiger partial charge is 0.468 e. The van der Waals surface area contributed by atoms with E-state index in [0.29, 0.717) is 23.6 Å². The molecule has 17 heavy (non-hydrogen) atoms. The SMILES string of the molecule is CCc1nc(NC)c(C)c(OCC(F)(F)F)n1. The lowest BCUT2D eigenvalue weighted by Gasteiger charge is -2.13. The van der Waals surface area contributed by atoms with Gasteiger partial charge in [-0.25, -0.2) is 4.98 Å². The number of aryl methyl sites for hydroxylation is 1. The van der Waals surface area contributed by atoms with Crippen LogP contribution in [0.1, 0.15) is 18.3 Å². The van der Waals surface area contributed by atoms with Crippen LogP contribution in [0.5, 0.6) is 5.88 Å². The van der Waals surface area contributed by atoms with Crippen molar-refractivity contribution in [2.75, 3.05) is 19.0 Å². The summed E-state index contributed by atoms with van der Waals surface area (Å²) in [6, 6.07) is 0. The predicted molar refractivity (Wildman–Crippen MR) is 57.2 cm³/mol. The molecule has 1 heterocycles. The van der Waals surface area contributed by atoms with E-state index in [4.69, 9.17) is 0 Å². The Hall–Kier alpha value is -1.53. The Bertz CT molecular complexity index is 393. The van der Waals surface area contributed by atoms with Crippen LogP contribution >= 0.6 is 0 Å². The third kappa shape index (κ3) is 3.76. The molecule has 0 aliphatic rings. The van der Waals surface area contributed by atoms with Gasteiger partial charge in [0.1, 0.15) is 11.6 Å². The van der Waals surface area contributed by atoms with Crippen LogP contribution in [-0.2, 0) is 6.42 Å². The average molecular weight is 249 g/mol. The van der Waals surface area contributed by atoms with Crippen molar-refractivity contribution in [3.63, 3.8) is 0 Å². The molecule has 0 bridgehead atoms. The van der Waals surface area contributed by atoms with Crippen molar-refractivity contribution in [1.29, 1.82) is 0 Å². The summed E-state index contributed by atoms with van der Waals surface area (Å²) in [4.78, 5) is 8.06. The minimum atomic E-state index is -4.37. The molecule has 0 saturated carbocycles. The number of rotatable bonds is 4. The van der Waals surface area contributed by atoms with E-state index in [0.717, 1.165) is 0 Å². The summed E-state index contributed by atoms with van der Waals surface area (Å²) in [5.74, 6) is 0.893. The molecular formula is C10H14F3N3O. The van der Waals surface area contributed by atoms with Gasteiger partial charge in [0.2, 0.25) is 5.88 Å². The van der Waals surface area contributed by atoms with E-state index in [9.17, 15) is 13.2 Å². The monoisotopic (exact) mass is 249 g/mol. The fourth-order valence-corrected chi connectivity index (χ4v) is 1.23. The third-order valence-electron chi connectivity index (χ3n) is 2.07. The van der Waals surface area contributed by atoms with Crippen molar-refractivity contribution >= 4 is 5.82 Å². The van der Waals surface area contributed by atoms with Crippen LogP contribution in [0.15, 0.2) is 0 Å². The zero-order valence-electron chi connectivity index (χ0n) is 9.85. The Morgan fingerprint density at radius 3 is 2.41 bits per heavy atom. The van der Waals surface area contributed by atoms with Crippen molar-refractivity contribution in [2.45, 2.75) is 26.4 Å². The molecule has 0 amide bonds. The molecule has 1 rings (SSSR count). The lowest BCUT2D eigenvalue weighted by molar-refractivity contribution is -0.154. The number of anilines is 1. The van der Waals surface area contributed by atoms with Gasteiger partial charge in [-0.15, -0.1) is 0 Å². The van der Waals surface area contributed by atoms with Gasteiger partial charge in [0.05, 0.1) is 5.56 Å². The van der Waals surface area contributed by atoms with Crippen molar-refractivity contribution < 1.29 is 17.9 Å². The number of ether oxygens (including phenoxy) is 1. The number of aromatic nitrogens is 2. The van der Waals surface area contributed by atoms with Gasteiger partial charge < -0.3 is 10.1 Å². The van der Waals surface area contributed by atoms with Crippen LogP contribution in [0.25, 0.3) is 0 Å². The highest BCUT2D eigenvalue weighted by Gasteiger charge is 2.29. The number of nitrogens with zero attached hydrogens (tertiary/aromatic N) is 2. The van der Waals surface area contributed by atoms with Gasteiger partial charge in [-0.05, 0) is 6.92 Å². The maximum atomic E-state index is 12.1. The van der Waals surface area contributed by atoms with Crippen LogP contribution in [0.3, 0.4) is 0 Å². The number of hydrogen-bond donors (Lipinski definition) is 1. The smallest absolute Gasteiger partial charge is 0.422 e. The molecule has 0 unspecified atom stereocenters. The Morgan fingerprint density at radius 1 is 1.29 bits per heavy atom. The zero-order valence-corrected chi connectivity index (χ0v) is 9.85. The zero-order chi connectivity index (χ0) is 13.1. The predicted octanol–water partition coefficient (Wildman–Crippen LogP) is 2.33. The first-order valence-electron chi connectivity index (χ1n) is 5.12. The van der Waals surface area contributed by atoms with E-state index in [1.807, 2.05) is 6.92 Å². The maximum absolute atomic E-state index is 12.1. The second-order valence-electron chi connectivity index (χ2n) is 3.43. The molecule has 96 valence electrons. The quantitative estimate of drug-likeness (QED) is 0.889. The number of alkyl halides is 3. The van der Waals surface area contributed by atoms with Crippen LogP contribution in [-0.4, -0.2) is 29.8 Å². The van der Waals surface area contributed by atoms with E-state index in [1.54, 1.807) is 14.0 Å². The Labute approximate surface area is 97.2 Å². The molecule has 0 saturated heterocycles. The van der Waals surface area contributed by atoms with Crippen molar-refractivity contribution in [1.82, 2.24) is 9.97 Å². The van der Waals surface area contributed by atoms with Gasteiger partial charge in [0.25, 0.3) is 0 Å². The molecule has 0 aliphatic heterocycles. The topological polar surface area (TPSA) is 47.0 Å². The molecule has 1 aromatic heterocycles. The fraction of sp³-hybridized carbons (Fsp3) is 0.600. The fourth-order valence-electron chi connectivity index (χ4n) is 1.23. The first kappa shape index (κ1) is 13.5. The molecule has 0 aliphatic carbocycles. The lowest BCUT2D eigenvalue weighted by Crippen LogP contribution is -2.20. The van der Waals surface area contributed by atoms with E-state index in [-0.39, 0.29) is 5.88 Å². The van der Waals surface area contributed by atoms with E-state index >= 15 is 0 Å². The van der Waals surface area contributed by atoms with Crippen molar-refractivity contribution in [3.8, 4) is 5.88 Å². The summed E-state index contributed by atoms with van der Waals surface area (Å²) in [5.41, 5.74) is 0.467. The highest BCUT2D eigenvalue weighted by molar-refractivity contribution is 5.48. The van der Waals surface area contributed by atoms with Gasteiger partial charge >= 0.3 is 6.18 Å². The molecule has 0 radical (unpaired) electrons. The van der Waals surface area contributed by atoms with Crippen LogP contribution < -0.4 is 10.1 Å². The first-order valence-corrected chi connectivity index (χ1v) is 5.12. The Kier molecular flexibility index (Phi) is 4.14. The van der Waals surface area contributed by atoms with E-state index in [1.165, 1.54) is 0 Å². The van der Waals surface area contributed by atoms with Gasteiger partial charge in [0.15, 0.2) is 6.61 Å². The summed E-state index contributed by atoms with van der Waals surface area (Å²) in [6.45, 7) is 2.08. The van der Waals surface area contributed by atoms with Crippen LogP contribution in [0.4, 0.5) is 19.0 Å². The molecule has 1 aromatic rings. The minimum absolute atomic E-state index is 0.0291. The van der Waals surface area contributed by atoms with Gasteiger partial charge in [0, 0.05) is 13.5 Å². The number of hydrogen-bond acceptors (Lipinski definition) is 4.